The normalized spacial score (nSPS) is 21.0. The summed E-state index contributed by atoms with van der Waals surface area (Å²) in [6, 6.07) is 18.1. The molecule has 0 bridgehead atoms. The summed E-state index contributed by atoms with van der Waals surface area (Å²) in [5, 5.41) is 5.86. The van der Waals surface area contributed by atoms with Crippen LogP contribution in [0.5, 0.6) is 0 Å². The largest absolute Gasteiger partial charge is 0.329 e. The van der Waals surface area contributed by atoms with Gasteiger partial charge in [0.25, 0.3) is 0 Å². The molecule has 1 saturated heterocycles. The highest BCUT2D eigenvalue weighted by Gasteiger charge is 2.39. The number of nitrogens with one attached hydrogen (secondary N) is 1. The molecule has 0 radical (unpaired) electrons. The van der Waals surface area contributed by atoms with Crippen LogP contribution < -0.4 is 5.32 Å². The standard InChI is InChI=1S/C17H16N2O2/c20-16-10-11-17(18-16,19-21)12-13-6-8-15(9-7-13)14-4-2-1-3-5-14/h1-9H,10-12H2,(H,18,20). The Morgan fingerprint density at radius 3 is 2.24 bits per heavy atom. The van der Waals surface area contributed by atoms with Crippen molar-refractivity contribution in [3.05, 3.63) is 65.1 Å². The van der Waals surface area contributed by atoms with Gasteiger partial charge in [0.15, 0.2) is 5.66 Å². The molecule has 106 valence electrons. The second-order valence-corrected chi connectivity index (χ2v) is 5.41. The summed E-state index contributed by atoms with van der Waals surface area (Å²) >= 11 is 0. The molecule has 1 N–H and O–H groups in total. The fourth-order valence-electron chi connectivity index (χ4n) is 2.72. The molecule has 0 aliphatic carbocycles. The van der Waals surface area contributed by atoms with E-state index in [1.54, 1.807) is 0 Å². The third kappa shape index (κ3) is 2.84. The summed E-state index contributed by atoms with van der Waals surface area (Å²) in [7, 11) is 0. The van der Waals surface area contributed by atoms with Crippen LogP contribution in [0.15, 0.2) is 59.8 Å². The van der Waals surface area contributed by atoms with E-state index in [0.717, 1.165) is 16.7 Å². The maximum absolute atomic E-state index is 11.3. The maximum atomic E-state index is 11.3. The highest BCUT2D eigenvalue weighted by atomic mass is 16.3. The third-order valence-electron chi connectivity index (χ3n) is 3.87. The van der Waals surface area contributed by atoms with E-state index in [4.69, 9.17) is 0 Å². The van der Waals surface area contributed by atoms with Gasteiger partial charge < -0.3 is 5.32 Å². The third-order valence-corrected chi connectivity index (χ3v) is 3.87. The number of nitroso groups, excluding NO2 is 1. The van der Waals surface area contributed by atoms with Crippen LogP contribution >= 0.6 is 0 Å². The van der Waals surface area contributed by atoms with Crippen LogP contribution in [0.1, 0.15) is 18.4 Å². The van der Waals surface area contributed by atoms with Gasteiger partial charge in [0.2, 0.25) is 5.91 Å². The van der Waals surface area contributed by atoms with Gasteiger partial charge in [-0.2, -0.15) is 0 Å². The minimum atomic E-state index is -0.967. The summed E-state index contributed by atoms with van der Waals surface area (Å²) in [5.41, 5.74) is 2.31. The van der Waals surface area contributed by atoms with E-state index >= 15 is 0 Å². The molecule has 1 fully saturated rings. The van der Waals surface area contributed by atoms with Crippen LogP contribution in [-0.2, 0) is 11.2 Å². The number of carbonyl (C=O) groups excluding carboxylic acids is 1. The smallest absolute Gasteiger partial charge is 0.222 e. The Labute approximate surface area is 123 Å². The van der Waals surface area contributed by atoms with E-state index in [1.807, 2.05) is 42.5 Å². The Morgan fingerprint density at radius 1 is 1.00 bits per heavy atom. The van der Waals surface area contributed by atoms with Crippen LogP contribution in [0.3, 0.4) is 0 Å². The average molecular weight is 280 g/mol. The predicted octanol–water partition coefficient (Wildman–Crippen LogP) is 3.27. The number of benzene rings is 2. The maximum Gasteiger partial charge on any atom is 0.222 e. The molecule has 0 aromatic heterocycles. The molecular weight excluding hydrogens is 264 g/mol. The fourth-order valence-corrected chi connectivity index (χ4v) is 2.72. The fraction of sp³-hybridized carbons (Fsp3) is 0.235. The zero-order chi connectivity index (χ0) is 14.7. The van der Waals surface area contributed by atoms with E-state index in [1.165, 1.54) is 0 Å². The topological polar surface area (TPSA) is 58.5 Å². The molecule has 1 unspecified atom stereocenters. The minimum Gasteiger partial charge on any atom is -0.329 e. The molecule has 4 nitrogen and oxygen atoms in total. The Morgan fingerprint density at radius 2 is 1.67 bits per heavy atom. The van der Waals surface area contributed by atoms with Crippen molar-refractivity contribution in [2.45, 2.75) is 24.9 Å². The molecule has 1 heterocycles. The Balaban J connectivity index is 1.79. The van der Waals surface area contributed by atoms with Crippen LogP contribution in [-0.4, -0.2) is 11.6 Å². The summed E-state index contributed by atoms with van der Waals surface area (Å²) in [5.74, 6) is -0.101. The average Bonchev–Trinajstić information content (AvgIpc) is 2.90. The monoisotopic (exact) mass is 280 g/mol. The number of hydrogen-bond acceptors (Lipinski definition) is 3. The lowest BCUT2D eigenvalue weighted by Gasteiger charge is -2.20. The lowest BCUT2D eigenvalue weighted by atomic mass is 9.96. The van der Waals surface area contributed by atoms with Crippen molar-refractivity contribution in [3.8, 4) is 11.1 Å². The van der Waals surface area contributed by atoms with E-state index < -0.39 is 5.66 Å². The van der Waals surface area contributed by atoms with Gasteiger partial charge in [-0.25, -0.2) is 0 Å². The molecule has 1 atom stereocenters. The van der Waals surface area contributed by atoms with Gasteiger partial charge in [-0.3, -0.25) is 4.79 Å². The van der Waals surface area contributed by atoms with Gasteiger partial charge >= 0.3 is 0 Å². The van der Waals surface area contributed by atoms with E-state index in [9.17, 15) is 9.70 Å². The zero-order valence-corrected chi connectivity index (χ0v) is 11.6. The van der Waals surface area contributed by atoms with Crippen molar-refractivity contribution in [1.29, 1.82) is 0 Å². The minimum absolute atomic E-state index is 0.101. The number of nitrogens with zero attached hydrogens (tertiary/aromatic N) is 1. The van der Waals surface area contributed by atoms with E-state index in [0.29, 0.717) is 19.3 Å². The molecule has 21 heavy (non-hydrogen) atoms. The lowest BCUT2D eigenvalue weighted by Crippen LogP contribution is -2.41. The van der Waals surface area contributed by atoms with E-state index in [2.05, 4.69) is 22.6 Å². The summed E-state index contributed by atoms with van der Waals surface area (Å²) in [4.78, 5) is 22.4. The number of amides is 1. The zero-order valence-electron chi connectivity index (χ0n) is 11.6. The number of carbonyl (C=O) groups is 1. The molecule has 2 aromatic carbocycles. The number of rotatable bonds is 4. The van der Waals surface area contributed by atoms with Crippen molar-refractivity contribution >= 4 is 5.91 Å². The van der Waals surface area contributed by atoms with Gasteiger partial charge in [0.1, 0.15) is 0 Å². The van der Waals surface area contributed by atoms with Crippen molar-refractivity contribution < 1.29 is 4.79 Å². The Hall–Kier alpha value is -2.49. The highest BCUT2D eigenvalue weighted by Crippen LogP contribution is 2.27. The number of hydrogen-bond donors (Lipinski definition) is 1. The molecule has 0 spiro atoms. The molecule has 1 amide bonds. The first-order valence-corrected chi connectivity index (χ1v) is 7.01. The second kappa shape index (κ2) is 5.48. The first kappa shape index (κ1) is 13.5. The molecular formula is C17H16N2O2. The Kier molecular flexibility index (Phi) is 3.52. The molecule has 4 heteroatoms. The summed E-state index contributed by atoms with van der Waals surface area (Å²) in [6.07, 6.45) is 1.28. The SMILES string of the molecule is O=NC1(Cc2ccc(-c3ccccc3)cc2)CCC(=O)N1. The van der Waals surface area contributed by atoms with Crippen LogP contribution in [0, 0.1) is 4.91 Å². The summed E-state index contributed by atoms with van der Waals surface area (Å²) in [6.45, 7) is 0. The second-order valence-electron chi connectivity index (χ2n) is 5.41. The van der Waals surface area contributed by atoms with Gasteiger partial charge in [-0.15, -0.1) is 4.91 Å². The molecule has 2 aromatic rings. The van der Waals surface area contributed by atoms with Crippen molar-refractivity contribution in [3.63, 3.8) is 0 Å². The van der Waals surface area contributed by atoms with Crippen LogP contribution in [0.4, 0.5) is 0 Å². The first-order valence-electron chi connectivity index (χ1n) is 7.01. The predicted molar refractivity (Wildman–Crippen MR) is 81.5 cm³/mol. The van der Waals surface area contributed by atoms with Crippen LogP contribution in [0.25, 0.3) is 11.1 Å². The van der Waals surface area contributed by atoms with Gasteiger partial charge in [0.05, 0.1) is 0 Å². The van der Waals surface area contributed by atoms with Gasteiger partial charge in [-0.05, 0) is 21.9 Å². The van der Waals surface area contributed by atoms with Crippen molar-refractivity contribution in [1.82, 2.24) is 5.32 Å². The van der Waals surface area contributed by atoms with Crippen LogP contribution in [0.2, 0.25) is 0 Å². The van der Waals surface area contributed by atoms with Crippen molar-refractivity contribution in [2.24, 2.45) is 5.18 Å². The summed E-state index contributed by atoms with van der Waals surface area (Å²) < 4.78 is 0. The molecule has 3 rings (SSSR count). The molecule has 0 saturated carbocycles. The molecule has 1 aliphatic rings. The Bertz CT molecular complexity index is 652. The van der Waals surface area contributed by atoms with Gasteiger partial charge in [0, 0.05) is 19.3 Å². The first-order chi connectivity index (χ1) is 10.2. The quantitative estimate of drug-likeness (QED) is 0.874. The highest BCUT2D eigenvalue weighted by molar-refractivity contribution is 5.79. The van der Waals surface area contributed by atoms with Gasteiger partial charge in [-0.1, -0.05) is 54.6 Å². The lowest BCUT2D eigenvalue weighted by molar-refractivity contribution is -0.119. The molecule has 1 aliphatic heterocycles. The van der Waals surface area contributed by atoms with Crippen molar-refractivity contribution in [2.75, 3.05) is 0 Å². The van der Waals surface area contributed by atoms with E-state index in [-0.39, 0.29) is 5.91 Å².